The van der Waals surface area contributed by atoms with Gasteiger partial charge in [-0.25, -0.2) is 4.79 Å². The number of aromatic hydroxyl groups is 1. The Kier molecular flexibility index (Phi) is 4.11. The van der Waals surface area contributed by atoms with Gasteiger partial charge in [0.15, 0.2) is 0 Å². The summed E-state index contributed by atoms with van der Waals surface area (Å²) in [5.41, 5.74) is 6.65. The van der Waals surface area contributed by atoms with Gasteiger partial charge in [-0.15, -0.1) is 0 Å². The second-order valence-corrected chi connectivity index (χ2v) is 6.95. The van der Waals surface area contributed by atoms with E-state index in [-0.39, 0.29) is 5.75 Å². The number of nitrogens with one attached hydrogen (secondary N) is 1. The maximum Gasteiger partial charge on any atom is 0.338 e. The van der Waals surface area contributed by atoms with Crippen molar-refractivity contribution in [3.8, 4) is 5.75 Å². The summed E-state index contributed by atoms with van der Waals surface area (Å²) < 4.78 is 4.93. The molecule has 0 atom stereocenters. The van der Waals surface area contributed by atoms with Crippen LogP contribution in [-0.4, -0.2) is 23.2 Å². The van der Waals surface area contributed by atoms with Gasteiger partial charge in [0, 0.05) is 10.9 Å². The molecule has 3 aromatic carbocycles. The Hall–Kier alpha value is -3.27. The Morgan fingerprint density at radius 1 is 1.07 bits per heavy atom. The molecule has 0 aliphatic carbocycles. The number of phenolic OH excluding ortho intramolecular Hbond substituents is 1. The number of aromatic amines is 1. The third-order valence-electron chi connectivity index (χ3n) is 5.08. The molecule has 0 saturated carbocycles. The van der Waals surface area contributed by atoms with Crippen LogP contribution in [-0.2, 0) is 11.2 Å². The predicted octanol–water partition coefficient (Wildman–Crippen LogP) is 5.02. The van der Waals surface area contributed by atoms with Crippen molar-refractivity contribution in [2.24, 2.45) is 0 Å². The molecule has 1 heterocycles. The predicted molar refractivity (Wildman–Crippen MR) is 108 cm³/mol. The molecular weight excluding hydrogens is 338 g/mol. The summed E-state index contributed by atoms with van der Waals surface area (Å²) in [4.78, 5) is 15.7. The van der Waals surface area contributed by atoms with Crippen LogP contribution in [0.5, 0.6) is 5.75 Å². The smallest absolute Gasteiger partial charge is 0.338 e. The monoisotopic (exact) mass is 359 g/mol. The Labute approximate surface area is 157 Å². The second kappa shape index (κ2) is 6.47. The molecule has 4 heteroatoms. The second-order valence-electron chi connectivity index (χ2n) is 6.95. The lowest BCUT2D eigenvalue weighted by molar-refractivity contribution is 0.0603. The first-order valence-corrected chi connectivity index (χ1v) is 8.89. The molecule has 0 amide bonds. The third-order valence-corrected chi connectivity index (χ3v) is 5.08. The number of carbonyl (C=O) groups excluding carboxylic acids is 1. The van der Waals surface area contributed by atoms with Crippen molar-refractivity contribution in [2.75, 3.05) is 7.11 Å². The topological polar surface area (TPSA) is 62.3 Å². The van der Waals surface area contributed by atoms with Gasteiger partial charge in [0.25, 0.3) is 0 Å². The molecule has 4 aromatic rings. The summed E-state index contributed by atoms with van der Waals surface area (Å²) in [5.74, 6) is -0.250. The van der Waals surface area contributed by atoms with E-state index >= 15 is 0 Å². The number of ether oxygens (including phenoxy) is 1. The lowest BCUT2D eigenvalue weighted by atomic mass is 9.95. The Morgan fingerprint density at radius 3 is 2.59 bits per heavy atom. The van der Waals surface area contributed by atoms with E-state index < -0.39 is 5.97 Å². The maximum atomic E-state index is 12.2. The van der Waals surface area contributed by atoms with Gasteiger partial charge in [0.05, 0.1) is 23.6 Å². The minimum absolute atomic E-state index is 0.165. The van der Waals surface area contributed by atoms with Crippen LogP contribution in [0.15, 0.2) is 48.5 Å². The number of methoxy groups -OCH3 is 1. The Bertz CT molecular complexity index is 1190. The summed E-state index contributed by atoms with van der Waals surface area (Å²) in [6.07, 6.45) is 0.741. The number of hydrogen-bond acceptors (Lipinski definition) is 3. The number of rotatable bonds is 3. The number of phenols is 1. The summed E-state index contributed by atoms with van der Waals surface area (Å²) in [5, 5.41) is 12.0. The molecule has 4 nitrogen and oxygen atoms in total. The standard InChI is InChI=1S/C23H21NO3/c1-13-6-4-7-15(10-13)12-17-14(2)11-19(25)21-20-16(23(26)27-3)8-5-9-18(20)24-22(17)21/h4-11,24-25H,12H2,1-3H3. The van der Waals surface area contributed by atoms with E-state index in [1.54, 1.807) is 12.1 Å². The fourth-order valence-corrected chi connectivity index (χ4v) is 3.83. The highest BCUT2D eigenvalue weighted by molar-refractivity contribution is 6.19. The first-order chi connectivity index (χ1) is 13.0. The van der Waals surface area contributed by atoms with Gasteiger partial charge in [-0.3, -0.25) is 0 Å². The van der Waals surface area contributed by atoms with Crippen molar-refractivity contribution in [3.63, 3.8) is 0 Å². The van der Waals surface area contributed by atoms with Gasteiger partial charge in [-0.2, -0.15) is 0 Å². The first kappa shape index (κ1) is 17.2. The highest BCUT2D eigenvalue weighted by atomic mass is 16.5. The van der Waals surface area contributed by atoms with Crippen LogP contribution < -0.4 is 0 Å². The number of H-pyrrole nitrogens is 1. The van der Waals surface area contributed by atoms with E-state index in [1.807, 2.05) is 19.1 Å². The van der Waals surface area contributed by atoms with E-state index in [2.05, 4.69) is 36.2 Å². The van der Waals surface area contributed by atoms with Gasteiger partial charge >= 0.3 is 5.97 Å². The van der Waals surface area contributed by atoms with Crippen LogP contribution in [0.4, 0.5) is 0 Å². The highest BCUT2D eigenvalue weighted by Crippen LogP contribution is 2.38. The molecule has 1 aromatic heterocycles. The van der Waals surface area contributed by atoms with Crippen LogP contribution in [0.2, 0.25) is 0 Å². The molecule has 0 unspecified atom stereocenters. The molecule has 0 bridgehead atoms. The van der Waals surface area contributed by atoms with Gasteiger partial charge in [0.2, 0.25) is 0 Å². The summed E-state index contributed by atoms with van der Waals surface area (Å²) >= 11 is 0. The van der Waals surface area contributed by atoms with Gasteiger partial charge in [0.1, 0.15) is 5.75 Å². The van der Waals surface area contributed by atoms with Crippen molar-refractivity contribution >= 4 is 27.8 Å². The summed E-state index contributed by atoms with van der Waals surface area (Å²) in [6.45, 7) is 4.07. The number of carbonyl (C=O) groups is 1. The van der Waals surface area contributed by atoms with E-state index in [0.29, 0.717) is 16.3 Å². The molecule has 0 radical (unpaired) electrons. The van der Waals surface area contributed by atoms with Gasteiger partial charge in [-0.1, -0.05) is 35.9 Å². The van der Waals surface area contributed by atoms with E-state index in [4.69, 9.17) is 4.74 Å². The Morgan fingerprint density at radius 2 is 1.85 bits per heavy atom. The third kappa shape index (κ3) is 2.83. The van der Waals surface area contributed by atoms with Crippen LogP contribution in [0.1, 0.15) is 32.6 Å². The average molecular weight is 359 g/mol. The van der Waals surface area contributed by atoms with Crippen molar-refractivity contribution in [1.29, 1.82) is 0 Å². The molecular formula is C23H21NO3. The zero-order chi connectivity index (χ0) is 19.1. The molecule has 0 fully saturated rings. The molecule has 0 saturated heterocycles. The number of hydrogen-bond donors (Lipinski definition) is 2. The fraction of sp³-hybridized carbons (Fsp3) is 0.174. The number of aromatic nitrogens is 1. The quantitative estimate of drug-likeness (QED) is 0.505. The molecule has 0 aliphatic rings. The molecule has 0 spiro atoms. The van der Waals surface area contributed by atoms with Crippen molar-refractivity contribution in [1.82, 2.24) is 4.98 Å². The van der Waals surface area contributed by atoms with Crippen molar-refractivity contribution in [3.05, 3.63) is 76.3 Å². The minimum Gasteiger partial charge on any atom is -0.507 e. The maximum absolute atomic E-state index is 12.2. The normalized spacial score (nSPS) is 11.2. The average Bonchev–Trinajstić information content (AvgIpc) is 3.04. The molecule has 2 N–H and O–H groups in total. The Balaban J connectivity index is 2.02. The lowest BCUT2D eigenvalue weighted by Crippen LogP contribution is -2.01. The number of benzene rings is 3. The number of aryl methyl sites for hydroxylation is 2. The van der Waals surface area contributed by atoms with Gasteiger partial charge in [-0.05, 0) is 55.2 Å². The highest BCUT2D eigenvalue weighted by Gasteiger charge is 2.20. The zero-order valence-electron chi connectivity index (χ0n) is 15.6. The van der Waals surface area contributed by atoms with Crippen molar-refractivity contribution < 1.29 is 14.6 Å². The SMILES string of the molecule is COC(=O)c1cccc2[nH]c3c(Cc4cccc(C)c4)c(C)cc(O)c3c12. The molecule has 27 heavy (non-hydrogen) atoms. The van der Waals surface area contributed by atoms with Crippen LogP contribution >= 0.6 is 0 Å². The summed E-state index contributed by atoms with van der Waals surface area (Å²) in [6, 6.07) is 15.6. The van der Waals surface area contributed by atoms with Crippen LogP contribution in [0.3, 0.4) is 0 Å². The lowest BCUT2D eigenvalue weighted by Gasteiger charge is -2.10. The van der Waals surface area contributed by atoms with Crippen LogP contribution in [0.25, 0.3) is 21.8 Å². The number of fused-ring (bicyclic) bond motifs is 3. The number of esters is 1. The fourth-order valence-electron chi connectivity index (χ4n) is 3.83. The van der Waals surface area contributed by atoms with Gasteiger partial charge < -0.3 is 14.8 Å². The van der Waals surface area contributed by atoms with Crippen molar-refractivity contribution in [2.45, 2.75) is 20.3 Å². The van der Waals surface area contributed by atoms with E-state index in [1.165, 1.54) is 18.2 Å². The van der Waals surface area contributed by atoms with E-state index in [9.17, 15) is 9.90 Å². The first-order valence-electron chi connectivity index (χ1n) is 8.89. The zero-order valence-corrected chi connectivity index (χ0v) is 15.6. The molecule has 136 valence electrons. The molecule has 4 rings (SSSR count). The summed E-state index contributed by atoms with van der Waals surface area (Å²) in [7, 11) is 1.36. The molecule has 0 aliphatic heterocycles. The largest absolute Gasteiger partial charge is 0.507 e. The van der Waals surface area contributed by atoms with Crippen LogP contribution in [0, 0.1) is 13.8 Å². The van der Waals surface area contributed by atoms with E-state index in [0.717, 1.165) is 28.6 Å². The minimum atomic E-state index is -0.415.